The number of nitrogens with one attached hydrogen (secondary N) is 1. The third-order valence-electron chi connectivity index (χ3n) is 5.85. The van der Waals surface area contributed by atoms with E-state index in [0.717, 1.165) is 18.5 Å². The van der Waals surface area contributed by atoms with Gasteiger partial charge in [-0.1, -0.05) is 45.9 Å². The Balaban J connectivity index is 0.000000158. The summed E-state index contributed by atoms with van der Waals surface area (Å²) >= 11 is 0. The van der Waals surface area contributed by atoms with Crippen molar-refractivity contribution in [1.82, 2.24) is 20.0 Å². The first-order chi connectivity index (χ1) is 14.5. The summed E-state index contributed by atoms with van der Waals surface area (Å²) in [5.74, 6) is 1.14. The van der Waals surface area contributed by atoms with Crippen LogP contribution in [0, 0.1) is 0 Å². The van der Waals surface area contributed by atoms with Crippen molar-refractivity contribution in [2.45, 2.75) is 65.0 Å². The monoisotopic (exact) mass is 404 g/mol. The summed E-state index contributed by atoms with van der Waals surface area (Å²) in [6.45, 7) is 9.68. The highest BCUT2D eigenvalue weighted by atomic mass is 16.5. The summed E-state index contributed by atoms with van der Waals surface area (Å²) in [5, 5.41) is 13.9. The highest BCUT2D eigenvalue weighted by Crippen LogP contribution is 2.28. The maximum atomic E-state index is 5.81. The second kappa shape index (κ2) is 9.00. The zero-order valence-corrected chi connectivity index (χ0v) is 18.4. The Morgan fingerprint density at radius 2 is 1.70 bits per heavy atom. The van der Waals surface area contributed by atoms with E-state index >= 15 is 0 Å². The fourth-order valence-electron chi connectivity index (χ4n) is 3.89. The summed E-state index contributed by atoms with van der Waals surface area (Å²) in [7, 11) is 0. The fourth-order valence-corrected chi connectivity index (χ4v) is 3.89. The quantitative estimate of drug-likeness (QED) is 0.421. The molecule has 5 heteroatoms. The Labute approximate surface area is 178 Å². The third-order valence-corrected chi connectivity index (χ3v) is 5.85. The number of hydrogen-bond acceptors (Lipinski definition) is 3. The minimum Gasteiger partial charge on any atom is -0.356 e. The Bertz CT molecular complexity index is 1100. The van der Waals surface area contributed by atoms with Crippen molar-refractivity contribution < 1.29 is 4.74 Å². The molecule has 0 aliphatic carbocycles. The molecule has 1 fully saturated rings. The molecule has 0 bridgehead atoms. The highest BCUT2D eigenvalue weighted by Gasteiger charge is 2.18. The van der Waals surface area contributed by atoms with E-state index in [1.165, 1.54) is 40.3 Å². The van der Waals surface area contributed by atoms with Crippen LogP contribution in [0.3, 0.4) is 0 Å². The van der Waals surface area contributed by atoms with E-state index in [1.807, 2.05) is 17.1 Å². The SMILES string of the molecule is CC(C)c1ccc2c(cnn2C2CCCCO2)c1.CC(C)c1ccc2cn[nH]c2c1. The minimum atomic E-state index is 0.126. The number of hydrogen-bond donors (Lipinski definition) is 1. The molecule has 2 aromatic heterocycles. The molecule has 1 aliphatic rings. The van der Waals surface area contributed by atoms with E-state index < -0.39 is 0 Å². The number of nitrogens with zero attached hydrogens (tertiary/aromatic N) is 3. The molecule has 4 aromatic rings. The lowest BCUT2D eigenvalue weighted by Crippen LogP contribution is -2.18. The van der Waals surface area contributed by atoms with E-state index in [4.69, 9.17) is 4.74 Å². The summed E-state index contributed by atoms with van der Waals surface area (Å²) in [4.78, 5) is 0. The average molecular weight is 405 g/mol. The zero-order valence-electron chi connectivity index (χ0n) is 18.4. The van der Waals surface area contributed by atoms with Crippen molar-refractivity contribution >= 4 is 21.8 Å². The molecule has 2 aromatic carbocycles. The van der Waals surface area contributed by atoms with E-state index in [-0.39, 0.29) is 6.23 Å². The zero-order chi connectivity index (χ0) is 21.1. The van der Waals surface area contributed by atoms with Gasteiger partial charge in [0, 0.05) is 17.4 Å². The van der Waals surface area contributed by atoms with Gasteiger partial charge in [-0.25, -0.2) is 4.68 Å². The number of ether oxygens (including phenoxy) is 1. The maximum Gasteiger partial charge on any atom is 0.150 e. The minimum absolute atomic E-state index is 0.126. The van der Waals surface area contributed by atoms with Crippen molar-refractivity contribution in [1.29, 1.82) is 0 Å². The number of benzene rings is 2. The van der Waals surface area contributed by atoms with E-state index in [9.17, 15) is 0 Å². The molecule has 3 heterocycles. The van der Waals surface area contributed by atoms with Crippen LogP contribution in [0.25, 0.3) is 21.8 Å². The standard InChI is InChI=1S/C15H20N2O.C10H12N2/c1-11(2)12-6-7-14-13(9-12)10-16-17(14)15-5-3-4-8-18-15;1-7(2)8-3-4-9-6-11-12-10(9)5-8/h6-7,9-11,15H,3-5,8H2,1-2H3;3-7H,1-2H3,(H,11,12). The van der Waals surface area contributed by atoms with E-state index in [2.05, 4.69) is 79.4 Å². The molecule has 0 radical (unpaired) electrons. The summed E-state index contributed by atoms with van der Waals surface area (Å²) in [6, 6.07) is 13.0. The van der Waals surface area contributed by atoms with Crippen LogP contribution < -0.4 is 0 Å². The van der Waals surface area contributed by atoms with Gasteiger partial charge in [0.05, 0.1) is 23.4 Å². The summed E-state index contributed by atoms with van der Waals surface area (Å²) < 4.78 is 7.85. The normalized spacial score (nSPS) is 16.9. The van der Waals surface area contributed by atoms with Gasteiger partial charge in [-0.3, -0.25) is 5.10 Å². The van der Waals surface area contributed by atoms with Crippen LogP contribution in [0.4, 0.5) is 0 Å². The van der Waals surface area contributed by atoms with Crippen molar-refractivity contribution in [3.8, 4) is 0 Å². The predicted octanol–water partition coefficient (Wildman–Crippen LogP) is 6.55. The van der Waals surface area contributed by atoms with E-state index in [1.54, 1.807) is 0 Å². The largest absolute Gasteiger partial charge is 0.356 e. The third kappa shape index (κ3) is 4.41. The maximum absolute atomic E-state index is 5.81. The Morgan fingerprint density at radius 1 is 0.933 bits per heavy atom. The fraction of sp³-hybridized carbons (Fsp3) is 0.440. The Morgan fingerprint density at radius 3 is 2.43 bits per heavy atom. The second-order valence-corrected chi connectivity index (χ2v) is 8.75. The van der Waals surface area contributed by atoms with Crippen LogP contribution in [0.5, 0.6) is 0 Å². The Kier molecular flexibility index (Phi) is 6.18. The van der Waals surface area contributed by atoms with Crippen molar-refractivity contribution in [2.75, 3.05) is 6.61 Å². The molecule has 1 atom stereocenters. The van der Waals surface area contributed by atoms with Crippen LogP contribution in [-0.2, 0) is 4.74 Å². The number of H-pyrrole nitrogens is 1. The molecule has 158 valence electrons. The molecule has 1 aliphatic heterocycles. The van der Waals surface area contributed by atoms with Gasteiger partial charge >= 0.3 is 0 Å². The molecule has 0 amide bonds. The van der Waals surface area contributed by atoms with Gasteiger partial charge in [-0.05, 0) is 60.4 Å². The number of rotatable bonds is 3. The van der Waals surface area contributed by atoms with E-state index in [0.29, 0.717) is 11.8 Å². The molecule has 0 spiro atoms. The van der Waals surface area contributed by atoms with Crippen LogP contribution >= 0.6 is 0 Å². The topological polar surface area (TPSA) is 55.7 Å². The van der Waals surface area contributed by atoms with Crippen LogP contribution in [0.1, 0.15) is 76.1 Å². The molecular weight excluding hydrogens is 372 g/mol. The van der Waals surface area contributed by atoms with Crippen molar-refractivity contribution in [3.63, 3.8) is 0 Å². The summed E-state index contributed by atoms with van der Waals surface area (Å²) in [6.07, 6.45) is 7.41. The first-order valence-electron chi connectivity index (χ1n) is 11.0. The van der Waals surface area contributed by atoms with Gasteiger partial charge in [0.25, 0.3) is 0 Å². The van der Waals surface area contributed by atoms with Crippen LogP contribution in [0.2, 0.25) is 0 Å². The van der Waals surface area contributed by atoms with Gasteiger partial charge in [0.15, 0.2) is 6.23 Å². The van der Waals surface area contributed by atoms with Gasteiger partial charge in [-0.2, -0.15) is 10.2 Å². The van der Waals surface area contributed by atoms with Crippen molar-refractivity contribution in [3.05, 3.63) is 59.9 Å². The van der Waals surface area contributed by atoms with Crippen molar-refractivity contribution in [2.24, 2.45) is 0 Å². The average Bonchev–Trinajstić information content (AvgIpc) is 3.40. The molecule has 5 rings (SSSR count). The predicted molar refractivity (Wildman–Crippen MR) is 123 cm³/mol. The number of fused-ring (bicyclic) bond motifs is 2. The van der Waals surface area contributed by atoms with Crippen LogP contribution in [-0.4, -0.2) is 26.6 Å². The molecule has 5 nitrogen and oxygen atoms in total. The number of aromatic nitrogens is 4. The van der Waals surface area contributed by atoms with Gasteiger partial charge in [0.1, 0.15) is 0 Å². The molecule has 0 saturated carbocycles. The Hall–Kier alpha value is -2.66. The molecule has 30 heavy (non-hydrogen) atoms. The molecule has 1 N–H and O–H groups in total. The van der Waals surface area contributed by atoms with Gasteiger partial charge in [-0.15, -0.1) is 0 Å². The molecular formula is C25H32N4O. The highest BCUT2D eigenvalue weighted by molar-refractivity contribution is 5.79. The van der Waals surface area contributed by atoms with Crippen LogP contribution in [0.15, 0.2) is 48.8 Å². The second-order valence-electron chi connectivity index (χ2n) is 8.75. The van der Waals surface area contributed by atoms with Gasteiger partial charge in [0.2, 0.25) is 0 Å². The molecule has 1 unspecified atom stereocenters. The summed E-state index contributed by atoms with van der Waals surface area (Å²) in [5.41, 5.74) is 5.03. The smallest absolute Gasteiger partial charge is 0.150 e. The first-order valence-corrected chi connectivity index (χ1v) is 11.0. The lowest BCUT2D eigenvalue weighted by molar-refractivity contribution is -0.0366. The first kappa shape index (κ1) is 20.6. The lowest BCUT2D eigenvalue weighted by Gasteiger charge is -2.23. The molecule has 1 saturated heterocycles. The lowest BCUT2D eigenvalue weighted by atomic mass is 10.0. The number of aromatic amines is 1. The van der Waals surface area contributed by atoms with Gasteiger partial charge < -0.3 is 4.74 Å².